The van der Waals surface area contributed by atoms with E-state index >= 15 is 0 Å². The van der Waals surface area contributed by atoms with Crippen LogP contribution >= 0.6 is 23.4 Å². The summed E-state index contributed by atoms with van der Waals surface area (Å²) in [7, 11) is 1.61. The fourth-order valence-corrected chi connectivity index (χ4v) is 4.32. The first-order chi connectivity index (χ1) is 15.0. The highest BCUT2D eigenvalue weighted by Gasteiger charge is 2.26. The Morgan fingerprint density at radius 3 is 2.55 bits per heavy atom. The molecule has 1 aliphatic heterocycles. The number of nitrogens with one attached hydrogen (secondary N) is 2. The van der Waals surface area contributed by atoms with E-state index in [1.165, 1.54) is 0 Å². The number of thioether (sulfide) groups is 1. The molecule has 0 bridgehead atoms. The maximum atomic E-state index is 11.7. The first kappa shape index (κ1) is 21.2. The number of aromatic nitrogens is 3. The van der Waals surface area contributed by atoms with Crippen LogP contribution < -0.4 is 15.4 Å². The van der Waals surface area contributed by atoms with Crippen molar-refractivity contribution in [3.63, 3.8) is 0 Å². The molecule has 0 spiro atoms. The number of nitrogens with zero attached hydrogens (tertiary/aromatic N) is 3. The maximum absolute atomic E-state index is 11.7. The molecule has 3 aromatic rings. The summed E-state index contributed by atoms with van der Waals surface area (Å²) in [4.78, 5) is 23.4. The van der Waals surface area contributed by atoms with E-state index in [0.717, 1.165) is 17.0 Å². The lowest BCUT2D eigenvalue weighted by Gasteiger charge is -2.23. The van der Waals surface area contributed by atoms with Crippen LogP contribution in [0.15, 0.2) is 53.7 Å². The van der Waals surface area contributed by atoms with Gasteiger partial charge in [0.15, 0.2) is 5.16 Å². The summed E-state index contributed by atoms with van der Waals surface area (Å²) in [5.74, 6) is 1.78. The minimum Gasteiger partial charge on any atom is -0.497 e. The number of imide groups is 1. The zero-order valence-corrected chi connectivity index (χ0v) is 18.2. The molecule has 1 unspecified atom stereocenters. The third-order valence-corrected chi connectivity index (χ3v) is 6.01. The molecule has 2 heterocycles. The number of rotatable bonds is 7. The minimum atomic E-state index is -0.492. The highest BCUT2D eigenvalue weighted by atomic mass is 35.5. The van der Waals surface area contributed by atoms with Crippen LogP contribution in [0.1, 0.15) is 17.8 Å². The van der Waals surface area contributed by atoms with E-state index in [4.69, 9.17) is 16.3 Å². The molecule has 2 aromatic carbocycles. The number of halogens is 1. The van der Waals surface area contributed by atoms with Crippen molar-refractivity contribution in [1.29, 1.82) is 0 Å². The van der Waals surface area contributed by atoms with E-state index in [9.17, 15) is 9.59 Å². The molecule has 1 aliphatic rings. The number of methoxy groups -OCH3 is 1. The zero-order valence-electron chi connectivity index (χ0n) is 16.7. The van der Waals surface area contributed by atoms with Gasteiger partial charge in [-0.15, -0.1) is 10.2 Å². The van der Waals surface area contributed by atoms with E-state index < -0.39 is 6.03 Å². The zero-order chi connectivity index (χ0) is 21.8. The van der Waals surface area contributed by atoms with Crippen LogP contribution in [0, 0.1) is 0 Å². The summed E-state index contributed by atoms with van der Waals surface area (Å²) in [6.07, 6.45) is 0.564. The van der Waals surface area contributed by atoms with Crippen LogP contribution in [0.25, 0.3) is 5.69 Å². The van der Waals surface area contributed by atoms with Crippen molar-refractivity contribution in [2.45, 2.75) is 29.8 Å². The molecule has 8 nitrogen and oxygen atoms in total. The Labute approximate surface area is 188 Å². The second kappa shape index (κ2) is 9.40. The average Bonchev–Trinajstić information content (AvgIpc) is 3.15. The van der Waals surface area contributed by atoms with E-state index in [0.29, 0.717) is 28.2 Å². The van der Waals surface area contributed by atoms with Crippen molar-refractivity contribution >= 4 is 35.3 Å². The van der Waals surface area contributed by atoms with E-state index in [-0.39, 0.29) is 18.4 Å². The summed E-state index contributed by atoms with van der Waals surface area (Å²) < 4.78 is 7.20. The molecule has 1 atom stereocenters. The Kier molecular flexibility index (Phi) is 6.43. The van der Waals surface area contributed by atoms with Crippen LogP contribution in [0.4, 0.5) is 4.79 Å². The predicted molar refractivity (Wildman–Crippen MR) is 118 cm³/mol. The summed E-state index contributed by atoms with van der Waals surface area (Å²) in [5, 5.41) is 15.2. The molecule has 31 heavy (non-hydrogen) atoms. The standard InChI is InChI=1S/C21H20ClN5O3S/c1-30-17-8-6-16(7-9-17)27-18(10-15-11-19(28)24-20(29)23-15)25-26-21(27)31-12-13-2-4-14(22)5-3-13/h2-9,15H,10-12H2,1H3,(H2,23,24,28,29). The van der Waals surface area contributed by atoms with Crippen molar-refractivity contribution in [2.75, 3.05) is 7.11 Å². The number of amides is 3. The smallest absolute Gasteiger partial charge is 0.321 e. The number of hydrogen-bond donors (Lipinski definition) is 2. The Balaban J connectivity index is 1.61. The average molecular weight is 458 g/mol. The second-order valence-electron chi connectivity index (χ2n) is 6.97. The van der Waals surface area contributed by atoms with Crippen molar-refractivity contribution < 1.29 is 14.3 Å². The van der Waals surface area contributed by atoms with E-state index in [1.807, 2.05) is 53.1 Å². The van der Waals surface area contributed by atoms with Crippen molar-refractivity contribution in [1.82, 2.24) is 25.4 Å². The topological polar surface area (TPSA) is 98.1 Å². The third kappa shape index (κ3) is 5.18. The van der Waals surface area contributed by atoms with E-state index in [1.54, 1.807) is 18.9 Å². The minimum absolute atomic E-state index is 0.189. The Morgan fingerprint density at radius 2 is 1.87 bits per heavy atom. The molecule has 2 N–H and O–H groups in total. The van der Waals surface area contributed by atoms with Crippen LogP contribution in [-0.2, 0) is 17.0 Å². The largest absolute Gasteiger partial charge is 0.497 e. The molecule has 10 heteroatoms. The highest BCUT2D eigenvalue weighted by Crippen LogP contribution is 2.27. The van der Waals surface area contributed by atoms with Crippen molar-refractivity contribution in [3.05, 3.63) is 64.9 Å². The van der Waals surface area contributed by atoms with Gasteiger partial charge in [0.05, 0.1) is 7.11 Å². The van der Waals surface area contributed by atoms with E-state index in [2.05, 4.69) is 20.8 Å². The predicted octanol–water partition coefficient (Wildman–Crippen LogP) is 3.36. The molecule has 160 valence electrons. The van der Waals surface area contributed by atoms with Crippen LogP contribution in [0.3, 0.4) is 0 Å². The van der Waals surface area contributed by atoms with Gasteiger partial charge in [-0.3, -0.25) is 14.7 Å². The van der Waals surface area contributed by atoms with Crippen molar-refractivity contribution in [3.8, 4) is 11.4 Å². The van der Waals surface area contributed by atoms with Gasteiger partial charge >= 0.3 is 6.03 Å². The molecular weight excluding hydrogens is 438 g/mol. The summed E-state index contributed by atoms with van der Waals surface area (Å²) in [6, 6.07) is 14.4. The molecule has 0 radical (unpaired) electrons. The van der Waals surface area contributed by atoms with Gasteiger partial charge in [0.1, 0.15) is 11.6 Å². The SMILES string of the molecule is COc1ccc(-n2c(CC3CC(=O)NC(=O)N3)nnc2SCc2ccc(Cl)cc2)cc1. The number of carbonyl (C=O) groups is 2. The number of benzene rings is 2. The Morgan fingerprint density at radius 1 is 1.13 bits per heavy atom. The lowest BCUT2D eigenvalue weighted by molar-refractivity contribution is -0.121. The first-order valence-corrected chi connectivity index (χ1v) is 10.9. The molecule has 3 amide bonds. The fraction of sp³-hybridized carbons (Fsp3) is 0.238. The second-order valence-corrected chi connectivity index (χ2v) is 8.35. The number of hydrogen-bond acceptors (Lipinski definition) is 6. The quantitative estimate of drug-likeness (QED) is 0.528. The molecule has 0 aliphatic carbocycles. The highest BCUT2D eigenvalue weighted by molar-refractivity contribution is 7.98. The molecule has 4 rings (SSSR count). The Bertz CT molecular complexity index is 1070. The first-order valence-electron chi connectivity index (χ1n) is 9.58. The third-order valence-electron chi connectivity index (χ3n) is 4.76. The fourth-order valence-electron chi connectivity index (χ4n) is 3.26. The molecule has 1 aromatic heterocycles. The molecule has 1 saturated heterocycles. The summed E-state index contributed by atoms with van der Waals surface area (Å²) in [5.41, 5.74) is 1.97. The van der Waals surface area contributed by atoms with Crippen LogP contribution in [0.2, 0.25) is 5.02 Å². The van der Waals surface area contributed by atoms with Gasteiger partial charge in [-0.2, -0.15) is 0 Å². The van der Waals surface area contributed by atoms with Crippen LogP contribution in [-0.4, -0.2) is 39.9 Å². The summed E-state index contributed by atoms with van der Waals surface area (Å²) >= 11 is 7.52. The lowest BCUT2D eigenvalue weighted by Crippen LogP contribution is -2.53. The molecule has 0 saturated carbocycles. The molecule has 1 fully saturated rings. The van der Waals surface area contributed by atoms with Gasteiger partial charge in [-0.25, -0.2) is 4.79 Å². The van der Waals surface area contributed by atoms with Gasteiger partial charge in [0.2, 0.25) is 5.91 Å². The van der Waals surface area contributed by atoms with Crippen LogP contribution in [0.5, 0.6) is 5.75 Å². The number of carbonyl (C=O) groups excluding carboxylic acids is 2. The van der Waals surface area contributed by atoms with Gasteiger partial charge in [0, 0.05) is 35.3 Å². The van der Waals surface area contributed by atoms with Gasteiger partial charge in [-0.05, 0) is 42.0 Å². The monoisotopic (exact) mass is 457 g/mol. The van der Waals surface area contributed by atoms with Gasteiger partial charge < -0.3 is 10.1 Å². The number of urea groups is 1. The number of ether oxygens (including phenoxy) is 1. The van der Waals surface area contributed by atoms with Gasteiger partial charge in [0.25, 0.3) is 0 Å². The Hall–Kier alpha value is -3.04. The maximum Gasteiger partial charge on any atom is 0.321 e. The lowest BCUT2D eigenvalue weighted by atomic mass is 10.1. The normalized spacial score (nSPS) is 16.0. The summed E-state index contributed by atoms with van der Waals surface area (Å²) in [6.45, 7) is 0. The van der Waals surface area contributed by atoms with Gasteiger partial charge in [-0.1, -0.05) is 35.5 Å². The van der Waals surface area contributed by atoms with Crippen molar-refractivity contribution in [2.24, 2.45) is 0 Å². The molecular formula is C21H20ClN5O3S.